The Morgan fingerprint density at radius 2 is 1.92 bits per heavy atom. The zero-order valence-corrected chi connectivity index (χ0v) is 21.7. The second kappa shape index (κ2) is 10.6. The third kappa shape index (κ3) is 5.69. The smallest absolute Gasteiger partial charge is 0.319 e. The Hall–Kier alpha value is -3.27. The summed E-state index contributed by atoms with van der Waals surface area (Å²) in [5, 5.41) is 8.01. The third-order valence-corrected chi connectivity index (χ3v) is 7.37. The fourth-order valence-corrected chi connectivity index (χ4v) is 5.53. The van der Waals surface area contributed by atoms with E-state index in [1.807, 2.05) is 20.8 Å². The molecule has 0 unspecified atom stereocenters. The molecule has 1 aromatic carbocycles. The number of benzene rings is 1. The highest BCUT2D eigenvalue weighted by Gasteiger charge is 2.36. The van der Waals surface area contributed by atoms with Gasteiger partial charge in [0.25, 0.3) is 5.91 Å². The molecule has 9 nitrogen and oxygen atoms in total. The Labute approximate surface area is 216 Å². The summed E-state index contributed by atoms with van der Waals surface area (Å²) in [4.78, 5) is 36.5. The number of amides is 1. The Balaban J connectivity index is 1.63. The number of esters is 1. The van der Waals surface area contributed by atoms with Crippen LogP contribution in [0.15, 0.2) is 12.1 Å². The Morgan fingerprint density at radius 3 is 2.54 bits per heavy atom. The fourth-order valence-electron chi connectivity index (χ4n) is 5.53. The second-order valence-electron chi connectivity index (χ2n) is 10.9. The topological polar surface area (TPSA) is 142 Å². The number of hydrogen-bond acceptors (Lipinski definition) is 7. The van der Waals surface area contributed by atoms with E-state index in [1.165, 1.54) is 6.07 Å². The van der Waals surface area contributed by atoms with Crippen LogP contribution in [0, 0.1) is 17.2 Å². The SMILES string of the molecule is CCc1nn(-c2cc(F)c(C(N)=O)c(NC3CCC(COC(=O)CN)CC3)c2)c2c1C(=O)CC(C)(C)C2. The van der Waals surface area contributed by atoms with Gasteiger partial charge in [-0.3, -0.25) is 14.4 Å². The number of fused-ring (bicyclic) bond motifs is 1. The van der Waals surface area contributed by atoms with Crippen LogP contribution in [-0.2, 0) is 22.4 Å². The van der Waals surface area contributed by atoms with Gasteiger partial charge in [-0.2, -0.15) is 5.10 Å². The summed E-state index contributed by atoms with van der Waals surface area (Å²) in [7, 11) is 0. The fraction of sp³-hybridized carbons (Fsp3) is 0.556. The summed E-state index contributed by atoms with van der Waals surface area (Å²) in [5.74, 6) is -1.73. The lowest BCUT2D eigenvalue weighted by Gasteiger charge is -2.30. The first-order chi connectivity index (χ1) is 17.5. The average molecular weight is 514 g/mol. The maximum atomic E-state index is 15.3. The molecule has 0 atom stereocenters. The number of halogens is 1. The van der Waals surface area contributed by atoms with Gasteiger partial charge < -0.3 is 21.5 Å². The van der Waals surface area contributed by atoms with E-state index in [0.29, 0.717) is 48.5 Å². The normalized spacial score (nSPS) is 20.8. The summed E-state index contributed by atoms with van der Waals surface area (Å²) >= 11 is 0. The number of rotatable bonds is 8. The van der Waals surface area contributed by atoms with Crippen LogP contribution in [0.2, 0.25) is 0 Å². The third-order valence-electron chi connectivity index (χ3n) is 7.37. The van der Waals surface area contributed by atoms with E-state index in [1.54, 1.807) is 10.7 Å². The van der Waals surface area contributed by atoms with Gasteiger partial charge in [0.15, 0.2) is 5.78 Å². The predicted molar refractivity (Wildman–Crippen MR) is 137 cm³/mol. The number of ether oxygens (including phenoxy) is 1. The molecule has 0 bridgehead atoms. The van der Waals surface area contributed by atoms with Gasteiger partial charge in [-0.05, 0) is 55.9 Å². The molecule has 1 amide bonds. The summed E-state index contributed by atoms with van der Waals surface area (Å²) in [5.41, 5.74) is 13.2. The van der Waals surface area contributed by atoms with Crippen molar-refractivity contribution in [3.63, 3.8) is 0 Å². The van der Waals surface area contributed by atoms with Gasteiger partial charge in [-0.15, -0.1) is 0 Å². The highest BCUT2D eigenvalue weighted by Crippen LogP contribution is 2.38. The van der Waals surface area contributed by atoms with Crippen LogP contribution in [0.1, 0.15) is 85.0 Å². The lowest BCUT2D eigenvalue weighted by Crippen LogP contribution is -2.30. The molecule has 10 heteroatoms. The van der Waals surface area contributed by atoms with E-state index in [2.05, 4.69) is 10.4 Å². The lowest BCUT2D eigenvalue weighted by molar-refractivity contribution is -0.143. The van der Waals surface area contributed by atoms with Crippen LogP contribution < -0.4 is 16.8 Å². The van der Waals surface area contributed by atoms with E-state index in [-0.39, 0.29) is 35.3 Å². The van der Waals surface area contributed by atoms with Crippen molar-refractivity contribution in [2.24, 2.45) is 22.8 Å². The summed E-state index contributed by atoms with van der Waals surface area (Å²) in [6.07, 6.45) is 4.79. The van der Waals surface area contributed by atoms with Crippen LogP contribution in [-0.4, -0.2) is 46.6 Å². The second-order valence-corrected chi connectivity index (χ2v) is 10.9. The van der Waals surface area contributed by atoms with Crippen LogP contribution in [0.25, 0.3) is 5.69 Å². The van der Waals surface area contributed by atoms with Crippen molar-refractivity contribution in [2.45, 2.75) is 71.8 Å². The molecule has 0 radical (unpaired) electrons. The largest absolute Gasteiger partial charge is 0.464 e. The molecule has 1 aromatic heterocycles. The first-order valence-corrected chi connectivity index (χ1v) is 12.9. The Bertz CT molecular complexity index is 1210. The number of nitrogens with zero attached hydrogens (tertiary/aromatic N) is 2. The van der Waals surface area contributed by atoms with Crippen LogP contribution in [0.3, 0.4) is 0 Å². The number of carbonyl (C=O) groups is 3. The molecule has 1 heterocycles. The van der Waals surface area contributed by atoms with Crippen molar-refractivity contribution < 1.29 is 23.5 Å². The number of primary amides is 1. The minimum absolute atomic E-state index is 0.00698. The van der Waals surface area contributed by atoms with Crippen molar-refractivity contribution in [2.75, 3.05) is 18.5 Å². The quantitative estimate of drug-likeness (QED) is 0.460. The van der Waals surface area contributed by atoms with Gasteiger partial charge in [0.1, 0.15) is 5.82 Å². The number of nitrogens with one attached hydrogen (secondary N) is 1. The highest BCUT2D eigenvalue weighted by atomic mass is 19.1. The molecule has 0 saturated heterocycles. The molecular weight excluding hydrogens is 477 g/mol. The number of aromatic nitrogens is 2. The number of anilines is 1. The molecule has 0 aliphatic heterocycles. The Morgan fingerprint density at radius 1 is 1.22 bits per heavy atom. The standard InChI is InChI=1S/C27H36FN5O4/c1-4-19-25-21(11-27(2,3)12-22(25)34)33(32-19)17-9-18(28)24(26(30)36)20(10-17)31-16-7-5-15(6-8-16)14-37-23(35)13-29/h9-10,15-16,31H,4-8,11-14,29H2,1-3H3,(H2,30,36). The molecule has 5 N–H and O–H groups in total. The van der Waals surface area contributed by atoms with Crippen molar-refractivity contribution in [3.8, 4) is 5.69 Å². The van der Waals surface area contributed by atoms with E-state index >= 15 is 4.39 Å². The van der Waals surface area contributed by atoms with Crippen molar-refractivity contribution in [1.82, 2.24) is 9.78 Å². The van der Waals surface area contributed by atoms with Gasteiger partial charge in [0, 0.05) is 18.5 Å². The molecular formula is C27H36FN5O4. The number of carbonyl (C=O) groups excluding carboxylic acids is 3. The zero-order valence-electron chi connectivity index (χ0n) is 21.7. The van der Waals surface area contributed by atoms with Gasteiger partial charge >= 0.3 is 5.97 Å². The maximum Gasteiger partial charge on any atom is 0.319 e. The Kier molecular flexibility index (Phi) is 7.68. The first-order valence-electron chi connectivity index (χ1n) is 12.9. The first kappa shape index (κ1) is 26.8. The molecule has 2 aliphatic rings. The zero-order chi connectivity index (χ0) is 26.9. The van der Waals surface area contributed by atoms with Crippen LogP contribution >= 0.6 is 0 Å². The van der Waals surface area contributed by atoms with Crippen molar-refractivity contribution >= 4 is 23.3 Å². The number of ketones is 1. The molecule has 2 aliphatic carbocycles. The maximum absolute atomic E-state index is 15.3. The van der Waals surface area contributed by atoms with Crippen LogP contribution in [0.5, 0.6) is 0 Å². The van der Waals surface area contributed by atoms with Gasteiger partial charge in [0.2, 0.25) is 0 Å². The predicted octanol–water partition coefficient (Wildman–Crippen LogP) is 3.30. The monoisotopic (exact) mass is 513 g/mol. The average Bonchev–Trinajstić information content (AvgIpc) is 3.20. The summed E-state index contributed by atoms with van der Waals surface area (Å²) < 4.78 is 22.1. The molecule has 4 rings (SSSR count). The molecule has 0 spiro atoms. The summed E-state index contributed by atoms with van der Waals surface area (Å²) in [6.45, 7) is 6.21. The number of nitrogens with two attached hydrogens (primary N) is 2. The molecule has 1 saturated carbocycles. The minimum Gasteiger partial charge on any atom is -0.464 e. The summed E-state index contributed by atoms with van der Waals surface area (Å²) in [6, 6.07) is 2.94. The minimum atomic E-state index is -0.859. The highest BCUT2D eigenvalue weighted by molar-refractivity contribution is 6.00. The number of Topliss-reactive ketones (excluding diaryl/α,β-unsaturated/α-hetero) is 1. The van der Waals surface area contributed by atoms with E-state index in [0.717, 1.165) is 31.4 Å². The molecule has 2 aromatic rings. The van der Waals surface area contributed by atoms with Crippen molar-refractivity contribution in [3.05, 3.63) is 40.5 Å². The lowest BCUT2D eigenvalue weighted by atomic mass is 9.75. The number of hydrogen-bond donors (Lipinski definition) is 3. The van der Waals surface area contributed by atoms with E-state index in [4.69, 9.17) is 16.2 Å². The molecule has 37 heavy (non-hydrogen) atoms. The molecule has 1 fully saturated rings. The van der Waals surface area contributed by atoms with E-state index < -0.39 is 17.7 Å². The van der Waals surface area contributed by atoms with Gasteiger partial charge in [-0.25, -0.2) is 9.07 Å². The number of aryl methyl sites for hydroxylation is 1. The van der Waals surface area contributed by atoms with Gasteiger partial charge in [-0.1, -0.05) is 20.8 Å². The van der Waals surface area contributed by atoms with Crippen LogP contribution in [0.4, 0.5) is 10.1 Å². The van der Waals surface area contributed by atoms with Gasteiger partial charge in [0.05, 0.1) is 47.0 Å². The van der Waals surface area contributed by atoms with Crippen molar-refractivity contribution in [1.29, 1.82) is 0 Å². The molecule has 200 valence electrons. The van der Waals surface area contributed by atoms with E-state index in [9.17, 15) is 14.4 Å².